The number of aliphatic hydroxyl groups excluding tert-OH is 1. The number of halogens is 2. The van der Waals surface area contributed by atoms with Gasteiger partial charge in [-0.15, -0.1) is 0 Å². The van der Waals surface area contributed by atoms with Gasteiger partial charge in [-0.2, -0.15) is 5.10 Å². The molecule has 4 fully saturated rings. The highest BCUT2D eigenvalue weighted by Gasteiger charge is 2.75. The Morgan fingerprint density at radius 1 is 1.14 bits per heavy atom. The minimum atomic E-state index is -2.05. The van der Waals surface area contributed by atoms with E-state index in [0.717, 1.165) is 16.8 Å². The van der Waals surface area contributed by atoms with Crippen molar-refractivity contribution < 1.29 is 37.8 Å². The lowest BCUT2D eigenvalue weighted by Crippen LogP contribution is -2.70. The van der Waals surface area contributed by atoms with Gasteiger partial charge in [0, 0.05) is 41.7 Å². The van der Waals surface area contributed by atoms with Crippen molar-refractivity contribution in [3.8, 4) is 5.69 Å². The molecule has 8 atom stereocenters. The maximum atomic E-state index is 18.2. The average molecular weight is 693 g/mol. The molecular weight excluding hydrogens is 646 g/mol. The quantitative estimate of drug-likeness (QED) is 0.377. The number of aliphatic hydroxyl groups is 1. The Bertz CT molecular complexity index is 1790. The first kappa shape index (κ1) is 34.5. The molecule has 268 valence electrons. The summed E-state index contributed by atoms with van der Waals surface area (Å²) in [7, 11) is 0. The molecule has 1 aromatic heterocycles. The van der Waals surface area contributed by atoms with Crippen molar-refractivity contribution in [3.05, 3.63) is 52.9 Å². The van der Waals surface area contributed by atoms with Crippen LogP contribution in [0.3, 0.4) is 0 Å². The van der Waals surface area contributed by atoms with E-state index in [4.69, 9.17) is 10.5 Å². The fourth-order valence-electron chi connectivity index (χ4n) is 10.7. The van der Waals surface area contributed by atoms with Crippen LogP contribution >= 0.6 is 0 Å². The number of hydrogen-bond donors (Lipinski definition) is 2. The number of benzene rings is 1. The Labute approximate surface area is 290 Å². The third-order valence-electron chi connectivity index (χ3n) is 13.2. The van der Waals surface area contributed by atoms with Gasteiger partial charge in [0.05, 0.1) is 30.4 Å². The summed E-state index contributed by atoms with van der Waals surface area (Å²) in [6.45, 7) is 4.89. The third-order valence-corrected chi connectivity index (χ3v) is 13.2. The molecule has 2 amide bonds. The van der Waals surface area contributed by atoms with E-state index in [-0.39, 0.29) is 37.5 Å². The van der Waals surface area contributed by atoms with Gasteiger partial charge in [0.1, 0.15) is 11.7 Å². The number of Topliss-reactive ketones (excluding diaryl/α,β-unsaturated/α-hetero) is 1. The molecule has 1 aliphatic heterocycles. The van der Waals surface area contributed by atoms with Crippen LogP contribution in [0.15, 0.2) is 36.0 Å². The van der Waals surface area contributed by atoms with E-state index in [1.807, 2.05) is 26.0 Å². The molecule has 12 heteroatoms. The van der Waals surface area contributed by atoms with Crippen LogP contribution in [-0.4, -0.2) is 80.0 Å². The van der Waals surface area contributed by atoms with Gasteiger partial charge in [0.2, 0.25) is 5.91 Å². The highest BCUT2D eigenvalue weighted by molar-refractivity contribution is 5.98. The number of nitrogens with zero attached hydrogens (tertiary/aromatic N) is 3. The molecule has 0 bridgehead atoms. The monoisotopic (exact) mass is 692 g/mol. The summed E-state index contributed by atoms with van der Waals surface area (Å²) < 4.78 is 39.4. The van der Waals surface area contributed by atoms with Crippen LogP contribution in [0.5, 0.6) is 0 Å². The smallest absolute Gasteiger partial charge is 0.306 e. The van der Waals surface area contributed by atoms with Crippen molar-refractivity contribution >= 4 is 29.6 Å². The summed E-state index contributed by atoms with van der Waals surface area (Å²) in [6.07, 6.45) is 4.87. The number of amides is 2. The number of nitrogens with two attached hydrogens (primary N) is 1. The number of aromatic nitrogens is 2. The second kappa shape index (κ2) is 12.1. The maximum Gasteiger partial charge on any atom is 0.306 e. The van der Waals surface area contributed by atoms with Gasteiger partial charge in [-0.25, -0.2) is 9.07 Å². The number of ketones is 1. The van der Waals surface area contributed by atoms with Gasteiger partial charge in [0.15, 0.2) is 11.4 Å². The largest absolute Gasteiger partial charge is 0.450 e. The second-order valence-corrected chi connectivity index (χ2v) is 15.5. The first-order valence-electron chi connectivity index (χ1n) is 17.9. The number of allylic oxidation sites excluding steroid dienone is 1. The predicted molar refractivity (Wildman–Crippen MR) is 179 cm³/mol. The highest BCUT2D eigenvalue weighted by atomic mass is 19.1. The Hall–Kier alpha value is -3.93. The maximum absolute atomic E-state index is 18.2. The molecule has 5 aliphatic rings. The number of likely N-dealkylation sites (tertiary alicyclic amines) is 1. The molecule has 3 saturated carbocycles. The van der Waals surface area contributed by atoms with Crippen LogP contribution in [0.4, 0.5) is 8.78 Å². The number of hydrogen-bond acceptors (Lipinski definition) is 7. The van der Waals surface area contributed by atoms with Crippen LogP contribution in [0.1, 0.15) is 100 Å². The van der Waals surface area contributed by atoms with E-state index in [1.54, 1.807) is 36.0 Å². The van der Waals surface area contributed by atoms with Crippen molar-refractivity contribution in [2.75, 3.05) is 13.2 Å². The molecule has 1 saturated heterocycles. The number of rotatable bonds is 8. The normalized spacial score (nSPS) is 35.7. The molecule has 7 rings (SSSR count). The van der Waals surface area contributed by atoms with Crippen molar-refractivity contribution in [1.29, 1.82) is 0 Å². The molecule has 50 heavy (non-hydrogen) atoms. The Kier molecular flexibility index (Phi) is 8.35. The Balaban J connectivity index is 1.21. The van der Waals surface area contributed by atoms with Crippen molar-refractivity contribution in [1.82, 2.24) is 14.7 Å². The van der Waals surface area contributed by atoms with Gasteiger partial charge in [-0.3, -0.25) is 23.6 Å². The molecule has 1 aromatic carbocycles. The Morgan fingerprint density at radius 2 is 1.92 bits per heavy atom. The lowest BCUT2D eigenvalue weighted by atomic mass is 9.43. The van der Waals surface area contributed by atoms with Crippen molar-refractivity contribution in [3.63, 3.8) is 0 Å². The number of alkyl halides is 2. The lowest BCUT2D eigenvalue weighted by molar-refractivity contribution is -0.230. The fraction of sp³-hybridized carbons (Fsp3) is 0.605. The van der Waals surface area contributed by atoms with Gasteiger partial charge in [0.25, 0.3) is 5.91 Å². The third kappa shape index (κ3) is 4.69. The van der Waals surface area contributed by atoms with Gasteiger partial charge >= 0.3 is 5.97 Å². The summed E-state index contributed by atoms with van der Waals surface area (Å²) in [5.74, 6) is -2.84. The first-order valence-corrected chi connectivity index (χ1v) is 17.9. The Morgan fingerprint density at radius 3 is 2.64 bits per heavy atom. The highest BCUT2D eigenvalue weighted by Crippen LogP contribution is 2.71. The van der Waals surface area contributed by atoms with E-state index < -0.39 is 70.9 Å². The molecule has 0 unspecified atom stereocenters. The molecule has 10 nitrogen and oxygen atoms in total. The van der Waals surface area contributed by atoms with E-state index >= 15 is 4.39 Å². The van der Waals surface area contributed by atoms with E-state index in [0.29, 0.717) is 49.9 Å². The molecule has 2 aromatic rings. The van der Waals surface area contributed by atoms with Crippen LogP contribution in [0.25, 0.3) is 11.8 Å². The SMILES string of the molecule is CCC(=O)O[C@]1(C(=O)CCF)CC[C@H]2[C@@H]3CCC4=Cc5c(cnn5-c5cccc(C(=O)N6CCC[C@@H]6C(N)=O)c5)C[C@]4(C)[C@@]3(F)[C@@H](O)C[C@@]21C. The van der Waals surface area contributed by atoms with Crippen LogP contribution in [0, 0.1) is 22.7 Å². The van der Waals surface area contributed by atoms with Crippen molar-refractivity contribution in [2.24, 2.45) is 28.4 Å². The number of esters is 1. The molecule has 4 aliphatic carbocycles. The molecular formula is C38H46F2N4O6. The zero-order valence-electron chi connectivity index (χ0n) is 28.9. The number of primary amides is 1. The molecule has 0 spiro atoms. The van der Waals surface area contributed by atoms with Gasteiger partial charge in [-0.1, -0.05) is 32.4 Å². The summed E-state index contributed by atoms with van der Waals surface area (Å²) in [6, 6.07) is 6.41. The number of carbonyl (C=O) groups excluding carboxylic acids is 4. The average Bonchev–Trinajstić information content (AvgIpc) is 3.81. The summed E-state index contributed by atoms with van der Waals surface area (Å²) in [5.41, 5.74) is 3.26. The fourth-order valence-corrected chi connectivity index (χ4v) is 10.7. The zero-order valence-corrected chi connectivity index (χ0v) is 28.9. The van der Waals surface area contributed by atoms with E-state index in [1.165, 1.54) is 4.90 Å². The standard InChI is InChI=1S/C38H46F2N4O6/c1-4-32(47)50-37(30(45)13-15-39)14-12-26-27-11-10-24-18-29-23(19-35(24,2)38(27,40)31(46)20-36(26,37)3)21-42-44(29)25-8-5-7-22(17-25)34(49)43-16-6-9-28(43)33(41)48/h5,7-8,17-18,21,26-28,31,46H,4,6,9-16,19-20H2,1-3H3,(H2,41,48)/t26-,27-,28+,31-,35-,36-,37-,38-/m0/s1. The van der Waals surface area contributed by atoms with E-state index in [2.05, 4.69) is 5.10 Å². The second-order valence-electron chi connectivity index (χ2n) is 15.5. The number of ether oxygens (including phenoxy) is 1. The lowest BCUT2D eigenvalue weighted by Gasteiger charge is -2.63. The number of fused-ring (bicyclic) bond motifs is 6. The zero-order chi connectivity index (χ0) is 35.8. The van der Waals surface area contributed by atoms with Gasteiger partial charge in [-0.05, 0) is 87.1 Å². The van der Waals surface area contributed by atoms with E-state index in [9.17, 15) is 28.7 Å². The summed E-state index contributed by atoms with van der Waals surface area (Å²) in [4.78, 5) is 53.2. The summed E-state index contributed by atoms with van der Waals surface area (Å²) >= 11 is 0. The molecule has 0 radical (unpaired) electrons. The molecule has 2 heterocycles. The molecule has 3 N–H and O–H groups in total. The van der Waals surface area contributed by atoms with Crippen LogP contribution in [0.2, 0.25) is 0 Å². The van der Waals surface area contributed by atoms with Crippen molar-refractivity contribution in [2.45, 2.75) is 108 Å². The van der Waals surface area contributed by atoms with Crippen LogP contribution < -0.4 is 5.73 Å². The topological polar surface area (TPSA) is 145 Å². The predicted octanol–water partition coefficient (Wildman–Crippen LogP) is 4.83. The first-order chi connectivity index (χ1) is 23.8. The minimum Gasteiger partial charge on any atom is -0.450 e. The number of carbonyl (C=O) groups is 4. The summed E-state index contributed by atoms with van der Waals surface area (Å²) in [5, 5.41) is 16.6. The minimum absolute atomic E-state index is 0.0431. The van der Waals surface area contributed by atoms with Gasteiger partial charge < -0.3 is 20.5 Å². The van der Waals surface area contributed by atoms with Crippen LogP contribution in [-0.2, 0) is 25.5 Å².